The fourth-order valence-corrected chi connectivity index (χ4v) is 2.63. The van der Waals surface area contributed by atoms with E-state index in [0.717, 1.165) is 13.1 Å². The number of nitrogens with zero attached hydrogens (tertiary/aromatic N) is 2. The van der Waals surface area contributed by atoms with Gasteiger partial charge in [0.05, 0.1) is 12.7 Å². The standard InChI is InChI=1S/C16H23N3S/c1-14(8-9-20-2)17-10-16-11-18-19(13-16)12-15-6-4-3-5-7-15/h3-7,11,13-14,17H,8-10,12H2,1-2H3. The summed E-state index contributed by atoms with van der Waals surface area (Å²) in [7, 11) is 0. The van der Waals surface area contributed by atoms with E-state index < -0.39 is 0 Å². The van der Waals surface area contributed by atoms with Gasteiger partial charge in [-0.15, -0.1) is 0 Å². The van der Waals surface area contributed by atoms with Crippen molar-refractivity contribution in [3.63, 3.8) is 0 Å². The third-order valence-electron chi connectivity index (χ3n) is 3.28. The van der Waals surface area contributed by atoms with Crippen LogP contribution in [0.1, 0.15) is 24.5 Å². The Morgan fingerprint density at radius 2 is 2.05 bits per heavy atom. The van der Waals surface area contributed by atoms with Crippen molar-refractivity contribution in [3.8, 4) is 0 Å². The lowest BCUT2D eigenvalue weighted by atomic mass is 10.2. The van der Waals surface area contributed by atoms with Gasteiger partial charge < -0.3 is 5.32 Å². The van der Waals surface area contributed by atoms with Gasteiger partial charge in [-0.1, -0.05) is 30.3 Å². The zero-order valence-corrected chi connectivity index (χ0v) is 13.1. The van der Waals surface area contributed by atoms with Gasteiger partial charge in [0.15, 0.2) is 0 Å². The van der Waals surface area contributed by atoms with Crippen molar-refractivity contribution in [1.29, 1.82) is 0 Å². The third kappa shape index (κ3) is 5.02. The molecule has 1 atom stereocenters. The van der Waals surface area contributed by atoms with Crippen LogP contribution in [0, 0.1) is 0 Å². The zero-order valence-electron chi connectivity index (χ0n) is 12.2. The van der Waals surface area contributed by atoms with Crippen molar-refractivity contribution in [1.82, 2.24) is 15.1 Å². The smallest absolute Gasteiger partial charge is 0.0659 e. The van der Waals surface area contributed by atoms with Gasteiger partial charge in [-0.05, 0) is 30.9 Å². The van der Waals surface area contributed by atoms with Gasteiger partial charge in [0.1, 0.15) is 0 Å². The van der Waals surface area contributed by atoms with Crippen LogP contribution in [0.3, 0.4) is 0 Å². The third-order valence-corrected chi connectivity index (χ3v) is 3.93. The molecule has 20 heavy (non-hydrogen) atoms. The molecule has 0 spiro atoms. The Labute approximate surface area is 125 Å². The van der Waals surface area contributed by atoms with Crippen molar-refractivity contribution in [3.05, 3.63) is 53.9 Å². The van der Waals surface area contributed by atoms with Crippen LogP contribution in [0.2, 0.25) is 0 Å². The van der Waals surface area contributed by atoms with Gasteiger partial charge in [0, 0.05) is 24.3 Å². The van der Waals surface area contributed by atoms with E-state index in [0.29, 0.717) is 6.04 Å². The Morgan fingerprint density at radius 3 is 2.80 bits per heavy atom. The molecule has 0 fully saturated rings. The topological polar surface area (TPSA) is 29.9 Å². The van der Waals surface area contributed by atoms with E-state index in [-0.39, 0.29) is 0 Å². The van der Waals surface area contributed by atoms with Gasteiger partial charge in [-0.25, -0.2) is 0 Å². The number of aromatic nitrogens is 2. The average Bonchev–Trinajstić information content (AvgIpc) is 2.91. The molecule has 1 unspecified atom stereocenters. The Morgan fingerprint density at radius 1 is 1.25 bits per heavy atom. The molecule has 0 bridgehead atoms. The minimum Gasteiger partial charge on any atom is -0.310 e. The van der Waals surface area contributed by atoms with Crippen molar-refractivity contribution in [2.24, 2.45) is 0 Å². The lowest BCUT2D eigenvalue weighted by molar-refractivity contribution is 0.537. The van der Waals surface area contributed by atoms with Gasteiger partial charge in [-0.2, -0.15) is 16.9 Å². The molecule has 0 saturated carbocycles. The first-order valence-corrected chi connectivity index (χ1v) is 8.45. The molecule has 2 aromatic rings. The molecule has 0 amide bonds. The summed E-state index contributed by atoms with van der Waals surface area (Å²) in [5.74, 6) is 1.21. The highest BCUT2D eigenvalue weighted by molar-refractivity contribution is 7.98. The second-order valence-electron chi connectivity index (χ2n) is 5.10. The number of rotatable bonds is 8. The first-order chi connectivity index (χ1) is 9.78. The molecular weight excluding hydrogens is 266 g/mol. The first-order valence-electron chi connectivity index (χ1n) is 7.05. The van der Waals surface area contributed by atoms with Crippen LogP contribution in [0.25, 0.3) is 0 Å². The van der Waals surface area contributed by atoms with Crippen LogP contribution in [0.15, 0.2) is 42.7 Å². The maximum Gasteiger partial charge on any atom is 0.0659 e. The number of thioether (sulfide) groups is 1. The van der Waals surface area contributed by atoms with Crippen molar-refractivity contribution in [2.45, 2.75) is 32.5 Å². The van der Waals surface area contributed by atoms with Crippen LogP contribution in [0.5, 0.6) is 0 Å². The summed E-state index contributed by atoms with van der Waals surface area (Å²) >= 11 is 1.90. The molecule has 1 N–H and O–H groups in total. The predicted molar refractivity (Wildman–Crippen MR) is 87.1 cm³/mol. The summed E-state index contributed by atoms with van der Waals surface area (Å²) in [6, 6.07) is 11.0. The van der Waals surface area contributed by atoms with E-state index in [1.807, 2.05) is 28.7 Å². The summed E-state index contributed by atoms with van der Waals surface area (Å²) < 4.78 is 2.00. The van der Waals surface area contributed by atoms with E-state index in [1.54, 1.807) is 0 Å². The summed E-state index contributed by atoms with van der Waals surface area (Å²) in [4.78, 5) is 0. The molecule has 0 radical (unpaired) electrons. The highest BCUT2D eigenvalue weighted by Crippen LogP contribution is 2.05. The van der Waals surface area contributed by atoms with Crippen molar-refractivity contribution in [2.75, 3.05) is 12.0 Å². The van der Waals surface area contributed by atoms with E-state index in [9.17, 15) is 0 Å². The molecular formula is C16H23N3S. The monoisotopic (exact) mass is 289 g/mol. The molecule has 0 aliphatic rings. The lowest BCUT2D eigenvalue weighted by Gasteiger charge is -2.11. The number of hydrogen-bond acceptors (Lipinski definition) is 3. The van der Waals surface area contributed by atoms with Crippen LogP contribution >= 0.6 is 11.8 Å². The molecule has 108 valence electrons. The molecule has 4 heteroatoms. The largest absolute Gasteiger partial charge is 0.310 e. The summed E-state index contributed by atoms with van der Waals surface area (Å²) in [5, 5.41) is 7.97. The molecule has 3 nitrogen and oxygen atoms in total. The molecule has 2 rings (SSSR count). The minimum absolute atomic E-state index is 0.555. The highest BCUT2D eigenvalue weighted by Gasteiger charge is 2.03. The quantitative estimate of drug-likeness (QED) is 0.809. The second kappa shape index (κ2) is 8.12. The molecule has 0 aliphatic carbocycles. The zero-order chi connectivity index (χ0) is 14.2. The highest BCUT2D eigenvalue weighted by atomic mass is 32.2. The molecule has 1 aromatic heterocycles. The predicted octanol–water partition coefficient (Wildman–Crippen LogP) is 3.16. The van der Waals surface area contributed by atoms with E-state index in [4.69, 9.17) is 0 Å². The summed E-state index contributed by atoms with van der Waals surface area (Å²) in [6.45, 7) is 3.97. The minimum atomic E-state index is 0.555. The number of hydrogen-bond donors (Lipinski definition) is 1. The Balaban J connectivity index is 1.80. The van der Waals surface area contributed by atoms with Crippen LogP contribution < -0.4 is 5.32 Å². The molecule has 1 heterocycles. The van der Waals surface area contributed by atoms with E-state index in [2.05, 4.69) is 54.1 Å². The Bertz CT molecular complexity index is 495. The molecule has 0 saturated heterocycles. The van der Waals surface area contributed by atoms with Crippen molar-refractivity contribution >= 4 is 11.8 Å². The van der Waals surface area contributed by atoms with Gasteiger partial charge in [0.2, 0.25) is 0 Å². The van der Waals surface area contributed by atoms with E-state index >= 15 is 0 Å². The number of benzene rings is 1. The number of nitrogens with one attached hydrogen (secondary N) is 1. The lowest BCUT2D eigenvalue weighted by Crippen LogP contribution is -2.25. The SMILES string of the molecule is CSCCC(C)NCc1cnn(Cc2ccccc2)c1. The maximum atomic E-state index is 4.42. The van der Waals surface area contributed by atoms with Gasteiger partial charge in [0.25, 0.3) is 0 Å². The van der Waals surface area contributed by atoms with Crippen LogP contribution in [-0.2, 0) is 13.1 Å². The fraction of sp³-hybridized carbons (Fsp3) is 0.438. The van der Waals surface area contributed by atoms with E-state index in [1.165, 1.54) is 23.3 Å². The van der Waals surface area contributed by atoms with Crippen LogP contribution in [-0.4, -0.2) is 27.8 Å². The molecule has 1 aromatic carbocycles. The van der Waals surface area contributed by atoms with Gasteiger partial charge in [-0.3, -0.25) is 4.68 Å². The normalized spacial score (nSPS) is 12.5. The second-order valence-corrected chi connectivity index (χ2v) is 6.08. The summed E-state index contributed by atoms with van der Waals surface area (Å²) in [5.41, 5.74) is 2.53. The van der Waals surface area contributed by atoms with Crippen molar-refractivity contribution < 1.29 is 0 Å². The maximum absolute atomic E-state index is 4.42. The fourth-order valence-electron chi connectivity index (χ4n) is 2.04. The first kappa shape index (κ1) is 15.1. The Kier molecular flexibility index (Phi) is 6.15. The summed E-state index contributed by atoms with van der Waals surface area (Å²) in [6.07, 6.45) is 7.44. The van der Waals surface area contributed by atoms with Crippen LogP contribution in [0.4, 0.5) is 0 Å². The molecule has 0 aliphatic heterocycles. The average molecular weight is 289 g/mol. The van der Waals surface area contributed by atoms with Gasteiger partial charge >= 0.3 is 0 Å². The Hall–Kier alpha value is -1.26.